The molecule has 2 aromatic carbocycles. The quantitative estimate of drug-likeness (QED) is 0.483. The van der Waals surface area contributed by atoms with Gasteiger partial charge in [-0.15, -0.1) is 13.2 Å². The highest BCUT2D eigenvalue weighted by atomic mass is 19.4. The Morgan fingerprint density at radius 2 is 1.84 bits per heavy atom. The molecule has 4 rings (SSSR count). The van der Waals surface area contributed by atoms with Crippen LogP contribution >= 0.6 is 0 Å². The molecule has 0 radical (unpaired) electrons. The van der Waals surface area contributed by atoms with Crippen LogP contribution in [-0.4, -0.2) is 33.9 Å². The molecular weight excluding hydrogens is 425 g/mol. The van der Waals surface area contributed by atoms with Gasteiger partial charge in [0.1, 0.15) is 29.9 Å². The van der Waals surface area contributed by atoms with Crippen molar-refractivity contribution in [3.8, 4) is 17.2 Å². The minimum absolute atomic E-state index is 0.161. The molecule has 0 bridgehead atoms. The van der Waals surface area contributed by atoms with Crippen LogP contribution in [0, 0.1) is 0 Å². The number of ether oxygens (including phenoxy) is 2. The van der Waals surface area contributed by atoms with Crippen LogP contribution in [0.4, 0.5) is 13.2 Å². The third-order valence-electron chi connectivity index (χ3n) is 4.54. The van der Waals surface area contributed by atoms with Crippen molar-refractivity contribution >= 4 is 17.1 Å². The topological polar surface area (TPSA) is 78.3 Å². The van der Waals surface area contributed by atoms with E-state index >= 15 is 0 Å². The van der Waals surface area contributed by atoms with E-state index in [2.05, 4.69) is 20.0 Å². The average Bonchev–Trinajstić information content (AvgIpc) is 3.20. The van der Waals surface area contributed by atoms with E-state index in [1.807, 2.05) is 6.07 Å². The van der Waals surface area contributed by atoms with Gasteiger partial charge in [0.05, 0.1) is 11.3 Å². The van der Waals surface area contributed by atoms with Crippen molar-refractivity contribution in [2.24, 2.45) is 0 Å². The normalized spacial score (nSPS) is 11.4. The molecule has 0 saturated heterocycles. The summed E-state index contributed by atoms with van der Waals surface area (Å²) < 4.78 is 48.2. The molecule has 0 saturated carbocycles. The first-order valence-corrected chi connectivity index (χ1v) is 9.45. The zero-order valence-corrected chi connectivity index (χ0v) is 16.8. The van der Waals surface area contributed by atoms with Gasteiger partial charge < -0.3 is 14.8 Å². The van der Waals surface area contributed by atoms with Crippen LogP contribution in [0.5, 0.6) is 11.5 Å². The molecule has 164 valence electrons. The number of carbonyl (C=O) groups is 1. The number of aromatic nitrogens is 3. The van der Waals surface area contributed by atoms with E-state index in [1.54, 1.807) is 42.2 Å². The van der Waals surface area contributed by atoms with Crippen molar-refractivity contribution in [2.45, 2.75) is 13.0 Å². The second-order valence-corrected chi connectivity index (χ2v) is 6.74. The summed E-state index contributed by atoms with van der Waals surface area (Å²) in [5.74, 6) is 0.0200. The molecule has 4 aromatic rings. The van der Waals surface area contributed by atoms with Gasteiger partial charge in [-0.25, -0.2) is 9.97 Å². The Morgan fingerprint density at radius 1 is 1.06 bits per heavy atom. The Kier molecular flexibility index (Phi) is 5.67. The number of carbonyl (C=O) groups excluding carboxylic acids is 1. The smallest absolute Gasteiger partial charge is 0.489 e. The van der Waals surface area contributed by atoms with Crippen molar-refractivity contribution < 1.29 is 27.4 Å². The molecule has 0 fully saturated rings. The fraction of sp³-hybridized carbons (Fsp3) is 0.136. The maximum Gasteiger partial charge on any atom is 0.573 e. The molecule has 0 atom stereocenters. The number of rotatable bonds is 6. The summed E-state index contributed by atoms with van der Waals surface area (Å²) >= 11 is 0. The standard InChI is InChI=1S/C22H17F3N4O3/c1-26-21(30)15-9-19-20(27-11-15)29(13-28-19)16-3-2-4-18(10-16)31-12-14-5-7-17(8-6-14)32-22(23,24)25/h2-11,13H,12H2,1H3,(H,26,30). The van der Waals surface area contributed by atoms with E-state index < -0.39 is 6.36 Å². The number of benzene rings is 2. The SMILES string of the molecule is CNC(=O)c1cnc2c(c1)ncn2-c1cccc(OCc2ccc(OC(F)(F)F)cc2)c1. The minimum atomic E-state index is -4.73. The number of nitrogens with zero attached hydrogens (tertiary/aromatic N) is 3. The number of alkyl halides is 3. The maximum atomic E-state index is 12.3. The van der Waals surface area contributed by atoms with Crippen molar-refractivity contribution in [3.63, 3.8) is 0 Å². The lowest BCUT2D eigenvalue weighted by Gasteiger charge is -2.11. The van der Waals surface area contributed by atoms with Gasteiger partial charge in [0.2, 0.25) is 0 Å². The van der Waals surface area contributed by atoms with Crippen molar-refractivity contribution in [3.05, 3.63) is 78.2 Å². The number of hydrogen-bond donors (Lipinski definition) is 1. The second-order valence-electron chi connectivity index (χ2n) is 6.74. The number of fused-ring (bicyclic) bond motifs is 1. The molecule has 1 N–H and O–H groups in total. The fourth-order valence-electron chi connectivity index (χ4n) is 3.04. The summed E-state index contributed by atoms with van der Waals surface area (Å²) in [5.41, 5.74) is 2.99. The first-order chi connectivity index (χ1) is 15.3. The molecule has 1 amide bonds. The van der Waals surface area contributed by atoms with Crippen molar-refractivity contribution in [1.29, 1.82) is 0 Å². The van der Waals surface area contributed by atoms with E-state index in [0.29, 0.717) is 28.0 Å². The molecule has 2 aromatic heterocycles. The molecule has 2 heterocycles. The molecule has 32 heavy (non-hydrogen) atoms. The van der Waals surface area contributed by atoms with Gasteiger partial charge in [-0.2, -0.15) is 0 Å². The Bertz CT molecular complexity index is 1250. The summed E-state index contributed by atoms with van der Waals surface area (Å²) in [6, 6.07) is 14.3. The van der Waals surface area contributed by atoms with Gasteiger partial charge >= 0.3 is 6.36 Å². The monoisotopic (exact) mass is 442 g/mol. The first kappa shape index (κ1) is 21.2. The Balaban J connectivity index is 1.49. The summed E-state index contributed by atoms with van der Waals surface area (Å²) in [4.78, 5) is 20.5. The number of hydrogen-bond acceptors (Lipinski definition) is 5. The van der Waals surface area contributed by atoms with Crippen LogP contribution in [-0.2, 0) is 6.61 Å². The zero-order valence-electron chi connectivity index (χ0n) is 16.8. The van der Waals surface area contributed by atoms with E-state index in [1.165, 1.54) is 30.5 Å². The lowest BCUT2D eigenvalue weighted by atomic mass is 10.2. The van der Waals surface area contributed by atoms with Crippen LogP contribution < -0.4 is 14.8 Å². The zero-order chi connectivity index (χ0) is 22.7. The van der Waals surface area contributed by atoms with Crippen LogP contribution in [0.15, 0.2) is 67.1 Å². The lowest BCUT2D eigenvalue weighted by Crippen LogP contribution is -2.17. The molecular formula is C22H17F3N4O3. The average molecular weight is 442 g/mol. The van der Waals surface area contributed by atoms with Crippen LogP contribution in [0.25, 0.3) is 16.9 Å². The van der Waals surface area contributed by atoms with E-state index in [9.17, 15) is 18.0 Å². The number of amides is 1. The van der Waals surface area contributed by atoms with E-state index in [4.69, 9.17) is 4.74 Å². The summed E-state index contributed by atoms with van der Waals surface area (Å²) in [7, 11) is 1.54. The van der Waals surface area contributed by atoms with E-state index in [-0.39, 0.29) is 18.3 Å². The third-order valence-corrected chi connectivity index (χ3v) is 4.54. The number of pyridine rings is 1. The van der Waals surface area contributed by atoms with Gasteiger partial charge in [-0.05, 0) is 35.9 Å². The van der Waals surface area contributed by atoms with Gasteiger partial charge in [-0.1, -0.05) is 18.2 Å². The number of imidazole rings is 1. The molecule has 7 nitrogen and oxygen atoms in total. The molecule has 10 heteroatoms. The highest BCUT2D eigenvalue weighted by Gasteiger charge is 2.30. The third kappa shape index (κ3) is 4.80. The summed E-state index contributed by atoms with van der Waals surface area (Å²) in [6.45, 7) is 0.161. The van der Waals surface area contributed by atoms with Crippen molar-refractivity contribution in [1.82, 2.24) is 19.9 Å². The van der Waals surface area contributed by atoms with Gasteiger partial charge in [-0.3, -0.25) is 9.36 Å². The Morgan fingerprint density at radius 3 is 2.56 bits per heavy atom. The molecule has 0 aliphatic rings. The Labute approximate surface area is 180 Å². The predicted octanol–water partition coefficient (Wildman–Crippen LogP) is 4.26. The molecule has 0 spiro atoms. The summed E-state index contributed by atoms with van der Waals surface area (Å²) in [5, 5.41) is 2.55. The number of nitrogens with one attached hydrogen (secondary N) is 1. The van der Waals surface area contributed by atoms with Crippen LogP contribution in [0.2, 0.25) is 0 Å². The predicted molar refractivity (Wildman–Crippen MR) is 110 cm³/mol. The van der Waals surface area contributed by atoms with Gasteiger partial charge in [0.25, 0.3) is 5.91 Å². The molecule has 0 aliphatic carbocycles. The number of halogens is 3. The largest absolute Gasteiger partial charge is 0.573 e. The Hall–Kier alpha value is -4.08. The summed E-state index contributed by atoms with van der Waals surface area (Å²) in [6.07, 6.45) is -1.65. The van der Waals surface area contributed by atoms with Gasteiger partial charge in [0.15, 0.2) is 5.65 Å². The van der Waals surface area contributed by atoms with Crippen molar-refractivity contribution in [2.75, 3.05) is 7.05 Å². The highest BCUT2D eigenvalue weighted by molar-refractivity contribution is 5.96. The lowest BCUT2D eigenvalue weighted by molar-refractivity contribution is -0.274. The van der Waals surface area contributed by atoms with Gasteiger partial charge in [0, 0.05) is 19.3 Å². The second kappa shape index (κ2) is 8.58. The van der Waals surface area contributed by atoms with Crippen LogP contribution in [0.3, 0.4) is 0 Å². The molecule has 0 unspecified atom stereocenters. The highest BCUT2D eigenvalue weighted by Crippen LogP contribution is 2.24. The molecule has 0 aliphatic heterocycles. The maximum absolute atomic E-state index is 12.3. The minimum Gasteiger partial charge on any atom is -0.489 e. The van der Waals surface area contributed by atoms with Crippen LogP contribution in [0.1, 0.15) is 15.9 Å². The first-order valence-electron chi connectivity index (χ1n) is 9.45. The van der Waals surface area contributed by atoms with E-state index in [0.717, 1.165) is 5.69 Å². The fourth-order valence-corrected chi connectivity index (χ4v) is 3.04.